The molecule has 1 fully saturated rings. The molecule has 2 aliphatic heterocycles. The van der Waals surface area contributed by atoms with Gasteiger partial charge >= 0.3 is 12.4 Å². The molecule has 0 aliphatic carbocycles. The van der Waals surface area contributed by atoms with Crippen LogP contribution in [0.1, 0.15) is 35.7 Å². The minimum absolute atomic E-state index is 0.00627. The highest BCUT2D eigenvalue weighted by Crippen LogP contribution is 2.37. The minimum atomic E-state index is -4.57. The predicted octanol–water partition coefficient (Wildman–Crippen LogP) is 4.70. The summed E-state index contributed by atoms with van der Waals surface area (Å²) in [5, 5.41) is 18.9. The van der Waals surface area contributed by atoms with Gasteiger partial charge in [-0.1, -0.05) is 12.1 Å². The molecule has 2 atom stereocenters. The third-order valence-corrected chi connectivity index (χ3v) is 7.57. The molecule has 0 spiro atoms. The Morgan fingerprint density at radius 1 is 1.05 bits per heavy atom. The summed E-state index contributed by atoms with van der Waals surface area (Å²) in [4.78, 5) is 8.65. The van der Waals surface area contributed by atoms with Crippen LogP contribution in [0.2, 0.25) is 0 Å². The molecule has 4 aromatic heterocycles. The van der Waals surface area contributed by atoms with E-state index in [0.29, 0.717) is 53.9 Å². The van der Waals surface area contributed by atoms with E-state index in [1.165, 1.54) is 35.1 Å². The van der Waals surface area contributed by atoms with Crippen LogP contribution < -0.4 is 5.73 Å². The highest BCUT2D eigenvalue weighted by atomic mass is 19.4. The van der Waals surface area contributed by atoms with Gasteiger partial charge in [0.1, 0.15) is 18.5 Å². The first-order valence-corrected chi connectivity index (χ1v) is 13.6. The Kier molecular flexibility index (Phi) is 7.57. The van der Waals surface area contributed by atoms with Crippen LogP contribution in [0, 0.1) is 5.92 Å². The second-order valence-corrected chi connectivity index (χ2v) is 10.6. The molecule has 4 aromatic rings. The van der Waals surface area contributed by atoms with Crippen LogP contribution in [0.25, 0.3) is 22.3 Å². The molecule has 44 heavy (non-hydrogen) atoms. The number of fused-ring (bicyclic) bond motifs is 1. The molecule has 1 saturated heterocycles. The monoisotopic (exact) mass is 620 g/mol. The number of nitrogens with zero attached hydrogens (tertiary/aromatic N) is 7. The van der Waals surface area contributed by atoms with E-state index in [9.17, 15) is 31.4 Å². The number of nitrogens with two attached hydrogens (primary N) is 1. The number of aliphatic hydroxyl groups excluding tert-OH is 1. The molecule has 0 saturated carbocycles. The fourth-order valence-corrected chi connectivity index (χ4v) is 5.54. The van der Waals surface area contributed by atoms with E-state index < -0.39 is 36.9 Å². The van der Waals surface area contributed by atoms with Gasteiger partial charge in [-0.3, -0.25) is 9.67 Å². The van der Waals surface area contributed by atoms with Gasteiger partial charge in [0.25, 0.3) is 0 Å². The average molecular weight is 621 g/mol. The third-order valence-electron chi connectivity index (χ3n) is 7.57. The van der Waals surface area contributed by atoms with E-state index in [2.05, 4.69) is 20.2 Å². The van der Waals surface area contributed by atoms with Crippen LogP contribution in [-0.4, -0.2) is 71.5 Å². The summed E-state index contributed by atoms with van der Waals surface area (Å²) in [6.45, 7) is -0.369. The van der Waals surface area contributed by atoms with Gasteiger partial charge in [-0.15, -0.1) is 5.10 Å². The third kappa shape index (κ3) is 6.12. The summed E-state index contributed by atoms with van der Waals surface area (Å²) >= 11 is 0. The van der Waals surface area contributed by atoms with Crippen LogP contribution in [-0.2, 0) is 10.9 Å². The first-order valence-electron chi connectivity index (χ1n) is 13.6. The Labute approximate surface area is 246 Å². The summed E-state index contributed by atoms with van der Waals surface area (Å²) in [5.74, 6) is -0.0483. The standard InChI is InChI=1S/C28H26F6N8O2/c29-27(30,31)15-40-12-18(2-4-23(40)43)21-9-19(13-42-25(21)38-26(35)39-42)20-11-37-41(14-20)24(16-5-7-44-8-6-16)17-1-3-22(36-10-17)28(32,33)34/h1-4,9-14,16,23-24,43H,5-8,15H2,(H2,35,39). The number of aliphatic hydroxyl groups is 1. The van der Waals surface area contributed by atoms with Crippen LogP contribution >= 0.6 is 0 Å². The molecular formula is C28H26F6N8O2. The maximum atomic E-state index is 13.2. The van der Waals surface area contributed by atoms with Crippen molar-refractivity contribution in [3.63, 3.8) is 0 Å². The Morgan fingerprint density at radius 2 is 1.82 bits per heavy atom. The summed E-state index contributed by atoms with van der Waals surface area (Å²) in [5.41, 5.74) is 7.62. The molecule has 16 heteroatoms. The van der Waals surface area contributed by atoms with Crippen LogP contribution in [0.3, 0.4) is 0 Å². The fourth-order valence-electron chi connectivity index (χ4n) is 5.54. The van der Waals surface area contributed by atoms with Gasteiger partial charge in [0, 0.05) is 60.3 Å². The molecule has 0 bridgehead atoms. The van der Waals surface area contributed by atoms with Crippen molar-refractivity contribution in [2.24, 2.45) is 5.92 Å². The van der Waals surface area contributed by atoms with Crippen molar-refractivity contribution in [1.82, 2.24) is 34.3 Å². The number of alkyl halides is 6. The van der Waals surface area contributed by atoms with Crippen molar-refractivity contribution in [3.8, 4) is 11.1 Å². The maximum Gasteiger partial charge on any atom is 0.433 e. The van der Waals surface area contributed by atoms with Crippen LogP contribution in [0.4, 0.5) is 32.3 Å². The van der Waals surface area contributed by atoms with Gasteiger partial charge < -0.3 is 20.5 Å². The zero-order valence-corrected chi connectivity index (χ0v) is 22.9. The van der Waals surface area contributed by atoms with Gasteiger partial charge in [-0.05, 0) is 42.5 Å². The lowest BCUT2D eigenvalue weighted by Gasteiger charge is -2.30. The second-order valence-electron chi connectivity index (χ2n) is 10.6. The average Bonchev–Trinajstić information content (AvgIpc) is 3.60. The van der Waals surface area contributed by atoms with E-state index in [1.807, 2.05) is 0 Å². The first kappa shape index (κ1) is 29.6. The Morgan fingerprint density at radius 3 is 2.50 bits per heavy atom. The Hall–Kier alpha value is -4.44. The Bertz CT molecular complexity index is 1700. The zero-order valence-electron chi connectivity index (χ0n) is 22.9. The van der Waals surface area contributed by atoms with Gasteiger partial charge in [0.15, 0.2) is 5.65 Å². The summed E-state index contributed by atoms with van der Waals surface area (Å²) in [7, 11) is 0. The molecule has 6 heterocycles. The number of hydrogen-bond donors (Lipinski definition) is 2. The lowest BCUT2D eigenvalue weighted by molar-refractivity contribution is -0.152. The van der Waals surface area contributed by atoms with Gasteiger partial charge in [-0.2, -0.15) is 36.4 Å². The van der Waals surface area contributed by atoms with E-state index in [1.54, 1.807) is 29.3 Å². The van der Waals surface area contributed by atoms with Gasteiger partial charge in [-0.25, -0.2) is 4.52 Å². The number of ether oxygens (including phenoxy) is 1. The van der Waals surface area contributed by atoms with Crippen LogP contribution in [0.15, 0.2) is 61.3 Å². The number of anilines is 1. The molecule has 3 N–H and O–H groups in total. The fraction of sp³-hybridized carbons (Fsp3) is 0.357. The molecule has 2 aliphatic rings. The maximum absolute atomic E-state index is 13.2. The largest absolute Gasteiger partial charge is 0.433 e. The van der Waals surface area contributed by atoms with Gasteiger partial charge in [0.05, 0.1) is 12.2 Å². The van der Waals surface area contributed by atoms with E-state index in [-0.39, 0.29) is 17.5 Å². The van der Waals surface area contributed by atoms with Crippen molar-refractivity contribution in [3.05, 3.63) is 78.2 Å². The number of hydrogen-bond acceptors (Lipinski definition) is 8. The quantitative estimate of drug-likeness (QED) is 0.298. The first-order chi connectivity index (χ1) is 20.9. The SMILES string of the molecule is Nc1nc2c(C3=CN(CC(F)(F)F)C(O)C=C3)cc(-c3cnn(C(c4ccc(C(F)(F)F)nc4)C4CCOCC4)c3)cn2n1. The zero-order chi connectivity index (χ0) is 31.2. The number of nitrogen functional groups attached to an aromatic ring is 1. The number of pyridine rings is 2. The number of halogens is 6. The van der Waals surface area contributed by atoms with Crippen molar-refractivity contribution in [2.45, 2.75) is 37.5 Å². The second kappa shape index (κ2) is 11.2. The molecule has 2 unspecified atom stereocenters. The van der Waals surface area contributed by atoms with E-state index in [4.69, 9.17) is 10.5 Å². The summed E-state index contributed by atoms with van der Waals surface area (Å²) in [6, 6.07) is 3.62. The highest BCUT2D eigenvalue weighted by molar-refractivity contribution is 5.85. The smallest absolute Gasteiger partial charge is 0.381 e. The molecule has 0 aromatic carbocycles. The van der Waals surface area contributed by atoms with E-state index in [0.717, 1.165) is 11.0 Å². The van der Waals surface area contributed by atoms with Crippen molar-refractivity contribution in [1.29, 1.82) is 0 Å². The van der Waals surface area contributed by atoms with Crippen molar-refractivity contribution < 1.29 is 36.2 Å². The predicted molar refractivity (Wildman–Crippen MR) is 145 cm³/mol. The lowest BCUT2D eigenvalue weighted by atomic mass is 9.87. The van der Waals surface area contributed by atoms with Gasteiger partial charge in [0.2, 0.25) is 5.95 Å². The molecule has 232 valence electrons. The van der Waals surface area contributed by atoms with E-state index >= 15 is 0 Å². The van der Waals surface area contributed by atoms with Crippen molar-refractivity contribution in [2.75, 3.05) is 25.5 Å². The number of rotatable bonds is 6. The minimum Gasteiger partial charge on any atom is -0.381 e. The normalized spacial score (nSPS) is 19.0. The molecule has 0 radical (unpaired) electrons. The summed E-state index contributed by atoms with van der Waals surface area (Å²) in [6.07, 6.45) is 0.840. The Balaban J connectivity index is 1.40. The van der Waals surface area contributed by atoms with Crippen molar-refractivity contribution >= 4 is 17.2 Å². The number of aromatic nitrogens is 6. The van der Waals surface area contributed by atoms with Crippen LogP contribution in [0.5, 0.6) is 0 Å². The topological polar surface area (TPSA) is 120 Å². The number of allylic oxidation sites excluding steroid dienone is 2. The lowest BCUT2D eigenvalue weighted by Crippen LogP contribution is -2.38. The molecular weight excluding hydrogens is 594 g/mol. The summed E-state index contributed by atoms with van der Waals surface area (Å²) < 4.78 is 87.6. The highest BCUT2D eigenvalue weighted by Gasteiger charge is 2.35. The molecule has 6 rings (SSSR count). The molecule has 10 nitrogen and oxygen atoms in total. The molecule has 0 amide bonds.